The number of ether oxygens (including phenoxy) is 1. The van der Waals surface area contributed by atoms with Crippen LogP contribution in [0, 0.1) is 6.92 Å². The van der Waals surface area contributed by atoms with Crippen LogP contribution in [0.15, 0.2) is 137 Å². The molecule has 0 aliphatic heterocycles. The maximum Gasteiger partial charge on any atom is 0.345 e. The standard InChI is InChI=1S/C37H27N3O3/c1-24-16-18-25(19-17-24)32-21-28(22-33(38-32)30-20-27-12-9-15-34(42-2)36(27)43-37(30)41)31-23-40(29-13-7-4-8-14-29)39-35(31)26-10-5-3-6-11-26/h3-23H,1-2H3. The average Bonchev–Trinajstić information content (AvgIpc) is 3.51. The lowest BCUT2D eigenvalue weighted by atomic mass is 9.98. The van der Waals surface area contributed by atoms with Crippen LogP contribution in [0.1, 0.15) is 5.56 Å². The number of para-hydroxylation sites is 2. The highest BCUT2D eigenvalue weighted by molar-refractivity contribution is 5.88. The summed E-state index contributed by atoms with van der Waals surface area (Å²) >= 11 is 0. The molecular weight excluding hydrogens is 534 g/mol. The van der Waals surface area contributed by atoms with Crippen molar-refractivity contribution in [2.24, 2.45) is 0 Å². The Labute approximate surface area is 248 Å². The molecule has 0 saturated carbocycles. The minimum Gasteiger partial charge on any atom is -0.493 e. The van der Waals surface area contributed by atoms with Gasteiger partial charge in [0, 0.05) is 28.3 Å². The number of hydrogen-bond donors (Lipinski definition) is 0. The van der Waals surface area contributed by atoms with E-state index in [1.807, 2.05) is 95.8 Å². The first-order valence-electron chi connectivity index (χ1n) is 14.0. The third kappa shape index (κ3) is 5.00. The van der Waals surface area contributed by atoms with Crippen LogP contribution in [-0.2, 0) is 0 Å². The van der Waals surface area contributed by atoms with Gasteiger partial charge in [0.2, 0.25) is 0 Å². The Morgan fingerprint density at radius 2 is 1.42 bits per heavy atom. The van der Waals surface area contributed by atoms with Crippen LogP contribution >= 0.6 is 0 Å². The van der Waals surface area contributed by atoms with Crippen molar-refractivity contribution in [2.75, 3.05) is 7.11 Å². The molecule has 6 nitrogen and oxygen atoms in total. The Morgan fingerprint density at radius 1 is 0.698 bits per heavy atom. The molecule has 0 unspecified atom stereocenters. The van der Waals surface area contributed by atoms with Gasteiger partial charge in [0.1, 0.15) is 5.69 Å². The largest absolute Gasteiger partial charge is 0.493 e. The van der Waals surface area contributed by atoms with Crippen molar-refractivity contribution in [3.8, 4) is 56.3 Å². The molecule has 0 aliphatic carbocycles. The maximum atomic E-state index is 13.4. The van der Waals surface area contributed by atoms with Gasteiger partial charge in [0.05, 0.1) is 29.7 Å². The van der Waals surface area contributed by atoms with Crippen LogP contribution in [0.4, 0.5) is 0 Å². The fraction of sp³-hybridized carbons (Fsp3) is 0.0541. The quantitative estimate of drug-likeness (QED) is 0.191. The molecule has 0 amide bonds. The van der Waals surface area contributed by atoms with Crippen molar-refractivity contribution in [1.82, 2.24) is 14.8 Å². The van der Waals surface area contributed by atoms with E-state index in [1.165, 1.54) is 0 Å². The van der Waals surface area contributed by atoms with Crippen molar-refractivity contribution in [3.05, 3.63) is 144 Å². The van der Waals surface area contributed by atoms with Crippen molar-refractivity contribution in [1.29, 1.82) is 0 Å². The van der Waals surface area contributed by atoms with Gasteiger partial charge >= 0.3 is 5.63 Å². The molecule has 0 bridgehead atoms. The van der Waals surface area contributed by atoms with E-state index in [2.05, 4.69) is 37.3 Å². The number of rotatable bonds is 6. The molecule has 4 aromatic carbocycles. The summed E-state index contributed by atoms with van der Waals surface area (Å²) in [6.07, 6.45) is 2.03. The molecule has 0 spiro atoms. The lowest BCUT2D eigenvalue weighted by Crippen LogP contribution is -2.05. The highest BCUT2D eigenvalue weighted by atomic mass is 16.5. The summed E-state index contributed by atoms with van der Waals surface area (Å²) in [6, 6.07) is 39.7. The second kappa shape index (κ2) is 10.9. The maximum absolute atomic E-state index is 13.4. The predicted octanol–water partition coefficient (Wildman–Crippen LogP) is 8.36. The van der Waals surface area contributed by atoms with Crippen LogP contribution in [0.2, 0.25) is 0 Å². The summed E-state index contributed by atoms with van der Waals surface area (Å²) < 4.78 is 13.1. The van der Waals surface area contributed by atoms with Crippen molar-refractivity contribution in [3.63, 3.8) is 0 Å². The number of fused-ring (bicyclic) bond motifs is 1. The molecule has 43 heavy (non-hydrogen) atoms. The van der Waals surface area contributed by atoms with Crippen molar-refractivity contribution < 1.29 is 9.15 Å². The Hall–Kier alpha value is -5.75. The second-order valence-electron chi connectivity index (χ2n) is 10.4. The Morgan fingerprint density at radius 3 is 2.16 bits per heavy atom. The molecule has 3 aromatic heterocycles. The van der Waals surface area contributed by atoms with Crippen LogP contribution in [0.5, 0.6) is 5.75 Å². The van der Waals surface area contributed by atoms with E-state index in [-0.39, 0.29) is 0 Å². The molecule has 0 atom stereocenters. The van der Waals surface area contributed by atoms with Gasteiger partial charge in [-0.3, -0.25) is 0 Å². The first-order chi connectivity index (χ1) is 21.1. The Balaban J connectivity index is 1.49. The summed E-state index contributed by atoms with van der Waals surface area (Å²) in [5, 5.41) is 5.77. The molecule has 7 aromatic rings. The molecule has 0 N–H and O–H groups in total. The molecule has 208 valence electrons. The van der Waals surface area contributed by atoms with E-state index in [9.17, 15) is 4.79 Å². The molecular formula is C37H27N3O3. The van der Waals surface area contributed by atoms with Crippen LogP contribution in [0.25, 0.3) is 61.6 Å². The van der Waals surface area contributed by atoms with Gasteiger partial charge in [0.25, 0.3) is 0 Å². The molecule has 0 saturated heterocycles. The van der Waals surface area contributed by atoms with Gasteiger partial charge in [-0.05, 0) is 48.9 Å². The fourth-order valence-electron chi connectivity index (χ4n) is 5.26. The van der Waals surface area contributed by atoms with Gasteiger partial charge in [-0.25, -0.2) is 14.5 Å². The van der Waals surface area contributed by atoms with Crippen molar-refractivity contribution >= 4 is 11.0 Å². The van der Waals surface area contributed by atoms with E-state index in [0.29, 0.717) is 22.6 Å². The molecule has 6 heteroatoms. The van der Waals surface area contributed by atoms with E-state index in [1.54, 1.807) is 13.2 Å². The summed E-state index contributed by atoms with van der Waals surface area (Å²) in [4.78, 5) is 18.4. The zero-order chi connectivity index (χ0) is 29.3. The van der Waals surface area contributed by atoms with E-state index >= 15 is 0 Å². The number of aromatic nitrogens is 3. The molecule has 0 fully saturated rings. The number of methoxy groups -OCH3 is 1. The van der Waals surface area contributed by atoms with Gasteiger partial charge in [0.15, 0.2) is 11.3 Å². The van der Waals surface area contributed by atoms with Gasteiger partial charge in [-0.2, -0.15) is 5.10 Å². The summed E-state index contributed by atoms with van der Waals surface area (Å²) in [5.74, 6) is 0.504. The van der Waals surface area contributed by atoms with E-state index < -0.39 is 5.63 Å². The molecule has 3 heterocycles. The van der Waals surface area contributed by atoms with Gasteiger partial charge in [-0.1, -0.05) is 90.5 Å². The van der Waals surface area contributed by atoms with Crippen LogP contribution < -0.4 is 10.4 Å². The highest BCUT2D eigenvalue weighted by Crippen LogP contribution is 2.36. The third-order valence-corrected chi connectivity index (χ3v) is 7.49. The predicted molar refractivity (Wildman–Crippen MR) is 170 cm³/mol. The number of aryl methyl sites for hydroxylation is 1. The lowest BCUT2D eigenvalue weighted by Gasteiger charge is -2.11. The summed E-state index contributed by atoms with van der Waals surface area (Å²) in [6.45, 7) is 2.05. The van der Waals surface area contributed by atoms with Gasteiger partial charge in [-0.15, -0.1) is 0 Å². The number of hydrogen-bond acceptors (Lipinski definition) is 5. The zero-order valence-corrected chi connectivity index (χ0v) is 23.7. The number of benzene rings is 4. The first kappa shape index (κ1) is 26.2. The van der Waals surface area contributed by atoms with Gasteiger partial charge < -0.3 is 9.15 Å². The highest BCUT2D eigenvalue weighted by Gasteiger charge is 2.19. The van der Waals surface area contributed by atoms with Crippen LogP contribution in [-0.4, -0.2) is 21.9 Å². The molecule has 0 radical (unpaired) electrons. The number of nitrogens with zero attached hydrogens (tertiary/aromatic N) is 3. The molecule has 7 rings (SSSR count). The van der Waals surface area contributed by atoms with E-state index in [0.717, 1.165) is 50.3 Å². The average molecular weight is 562 g/mol. The Kier molecular flexibility index (Phi) is 6.64. The lowest BCUT2D eigenvalue weighted by molar-refractivity contribution is 0.407. The zero-order valence-electron chi connectivity index (χ0n) is 23.7. The van der Waals surface area contributed by atoms with Crippen molar-refractivity contribution in [2.45, 2.75) is 6.92 Å². The minimum absolute atomic E-state index is 0.368. The SMILES string of the molecule is COc1cccc2cc(-c3cc(-c4cn(-c5ccccc5)nc4-c4ccccc4)cc(-c4ccc(C)cc4)n3)c(=O)oc12. The Bertz CT molecular complexity index is 2130. The molecule has 0 aliphatic rings. The normalized spacial score (nSPS) is 11.1. The third-order valence-electron chi connectivity index (χ3n) is 7.49. The van der Waals surface area contributed by atoms with E-state index in [4.69, 9.17) is 19.2 Å². The fourth-order valence-corrected chi connectivity index (χ4v) is 5.26. The monoisotopic (exact) mass is 561 g/mol. The minimum atomic E-state index is -0.486. The summed E-state index contributed by atoms with van der Waals surface area (Å²) in [5.41, 5.74) is 8.19. The van der Waals surface area contributed by atoms with Crippen LogP contribution in [0.3, 0.4) is 0 Å². The smallest absolute Gasteiger partial charge is 0.345 e. The topological polar surface area (TPSA) is 70.2 Å². The second-order valence-corrected chi connectivity index (χ2v) is 10.4. The first-order valence-corrected chi connectivity index (χ1v) is 14.0. The summed E-state index contributed by atoms with van der Waals surface area (Å²) in [7, 11) is 1.56. The number of pyridine rings is 1.